The standard InChI is InChI=1S/C9H13N3O2/c1-14-9(13)6-7-3-2-4-8(5-7)11-12-10/h2,4,7-8H,3,5-6H2,1H3/t7-,8-/m1/s1. The quantitative estimate of drug-likeness (QED) is 0.227. The molecular formula is C9H13N3O2. The molecule has 1 rings (SSSR count). The zero-order chi connectivity index (χ0) is 10.4. The summed E-state index contributed by atoms with van der Waals surface area (Å²) >= 11 is 0. The van der Waals surface area contributed by atoms with E-state index in [1.807, 2.05) is 12.2 Å². The lowest BCUT2D eigenvalue weighted by atomic mass is 9.89. The molecule has 0 saturated heterocycles. The molecule has 0 aromatic carbocycles. The first-order valence-corrected chi connectivity index (χ1v) is 4.54. The van der Waals surface area contributed by atoms with Gasteiger partial charge in [-0.3, -0.25) is 4.79 Å². The van der Waals surface area contributed by atoms with E-state index in [0.717, 1.165) is 12.8 Å². The van der Waals surface area contributed by atoms with Crippen LogP contribution in [0.1, 0.15) is 19.3 Å². The number of ether oxygens (including phenoxy) is 1. The summed E-state index contributed by atoms with van der Waals surface area (Å²) in [5, 5.41) is 3.61. The third kappa shape index (κ3) is 3.11. The molecule has 0 unspecified atom stereocenters. The Morgan fingerprint density at radius 1 is 1.79 bits per heavy atom. The summed E-state index contributed by atoms with van der Waals surface area (Å²) in [7, 11) is 1.38. The van der Waals surface area contributed by atoms with Crippen molar-refractivity contribution in [2.45, 2.75) is 25.3 Å². The average molecular weight is 195 g/mol. The number of hydrogen-bond donors (Lipinski definition) is 0. The van der Waals surface area contributed by atoms with Crippen LogP contribution in [0.2, 0.25) is 0 Å². The predicted octanol–water partition coefficient (Wildman–Crippen LogP) is 2.19. The minimum absolute atomic E-state index is 0.108. The molecule has 1 aliphatic carbocycles. The van der Waals surface area contributed by atoms with Gasteiger partial charge >= 0.3 is 5.97 Å². The van der Waals surface area contributed by atoms with E-state index in [0.29, 0.717) is 6.42 Å². The van der Waals surface area contributed by atoms with E-state index in [9.17, 15) is 4.79 Å². The first-order valence-electron chi connectivity index (χ1n) is 4.54. The summed E-state index contributed by atoms with van der Waals surface area (Å²) in [5.74, 6) is 0.0351. The highest BCUT2D eigenvalue weighted by Gasteiger charge is 2.19. The summed E-state index contributed by atoms with van der Waals surface area (Å²) in [6, 6.07) is -0.108. The molecule has 0 aliphatic heterocycles. The molecule has 76 valence electrons. The van der Waals surface area contributed by atoms with Crippen molar-refractivity contribution in [3.05, 3.63) is 22.6 Å². The largest absolute Gasteiger partial charge is 0.469 e. The van der Waals surface area contributed by atoms with Crippen LogP contribution in [0, 0.1) is 5.92 Å². The van der Waals surface area contributed by atoms with Crippen LogP contribution in [0.3, 0.4) is 0 Å². The Hall–Kier alpha value is -1.48. The van der Waals surface area contributed by atoms with E-state index < -0.39 is 0 Å². The van der Waals surface area contributed by atoms with Gasteiger partial charge in [0.2, 0.25) is 0 Å². The van der Waals surface area contributed by atoms with Gasteiger partial charge < -0.3 is 4.74 Å². The van der Waals surface area contributed by atoms with Crippen LogP contribution in [0.15, 0.2) is 17.3 Å². The maximum Gasteiger partial charge on any atom is 0.305 e. The first kappa shape index (κ1) is 10.6. The molecule has 0 heterocycles. The van der Waals surface area contributed by atoms with Gasteiger partial charge in [-0.1, -0.05) is 17.3 Å². The van der Waals surface area contributed by atoms with Crippen molar-refractivity contribution in [1.29, 1.82) is 0 Å². The zero-order valence-electron chi connectivity index (χ0n) is 8.09. The lowest BCUT2D eigenvalue weighted by molar-refractivity contribution is -0.141. The van der Waals surface area contributed by atoms with Crippen LogP contribution < -0.4 is 0 Å². The molecule has 0 saturated carbocycles. The van der Waals surface area contributed by atoms with E-state index in [4.69, 9.17) is 5.53 Å². The first-order chi connectivity index (χ1) is 6.76. The Morgan fingerprint density at radius 3 is 3.21 bits per heavy atom. The molecule has 0 bridgehead atoms. The maximum absolute atomic E-state index is 11.0. The lowest BCUT2D eigenvalue weighted by Crippen LogP contribution is -2.17. The molecule has 0 aromatic rings. The molecule has 1 aliphatic rings. The van der Waals surface area contributed by atoms with Crippen LogP contribution in [-0.4, -0.2) is 19.1 Å². The number of hydrogen-bond acceptors (Lipinski definition) is 3. The Morgan fingerprint density at radius 2 is 2.57 bits per heavy atom. The molecule has 0 N–H and O–H groups in total. The third-order valence-electron chi connectivity index (χ3n) is 2.29. The third-order valence-corrected chi connectivity index (χ3v) is 2.29. The number of azide groups is 1. The van der Waals surface area contributed by atoms with Crippen LogP contribution in [0.4, 0.5) is 0 Å². The molecule has 14 heavy (non-hydrogen) atoms. The number of nitrogens with zero attached hydrogens (tertiary/aromatic N) is 3. The summed E-state index contributed by atoms with van der Waals surface area (Å²) in [6.07, 6.45) is 5.82. The van der Waals surface area contributed by atoms with E-state index >= 15 is 0 Å². The van der Waals surface area contributed by atoms with Crippen LogP contribution >= 0.6 is 0 Å². The van der Waals surface area contributed by atoms with Gasteiger partial charge in [-0.15, -0.1) is 0 Å². The number of rotatable bonds is 3. The van der Waals surface area contributed by atoms with Crippen molar-refractivity contribution >= 4 is 5.97 Å². The number of carbonyl (C=O) groups is 1. The summed E-state index contributed by atoms with van der Waals surface area (Å²) in [5.41, 5.74) is 8.27. The number of carbonyl (C=O) groups excluding carboxylic acids is 1. The number of methoxy groups -OCH3 is 1. The molecule has 2 atom stereocenters. The SMILES string of the molecule is COC(=O)C[C@@H]1CC=C[C@@H](N=[N+]=[N-])C1. The second kappa shape index (κ2) is 5.29. The van der Waals surface area contributed by atoms with Gasteiger partial charge in [-0.05, 0) is 24.3 Å². The van der Waals surface area contributed by atoms with Crippen LogP contribution in [-0.2, 0) is 9.53 Å². The van der Waals surface area contributed by atoms with Gasteiger partial charge in [0.25, 0.3) is 0 Å². The van der Waals surface area contributed by atoms with E-state index in [1.165, 1.54) is 7.11 Å². The highest BCUT2D eigenvalue weighted by molar-refractivity contribution is 5.69. The summed E-state index contributed by atoms with van der Waals surface area (Å²) < 4.78 is 4.58. The molecule has 0 fully saturated rings. The van der Waals surface area contributed by atoms with Crippen LogP contribution in [0.25, 0.3) is 10.4 Å². The molecule has 0 radical (unpaired) electrons. The van der Waals surface area contributed by atoms with Gasteiger partial charge in [0.1, 0.15) is 0 Å². The smallest absolute Gasteiger partial charge is 0.305 e. The van der Waals surface area contributed by atoms with Crippen molar-refractivity contribution in [1.82, 2.24) is 0 Å². The Balaban J connectivity index is 2.47. The van der Waals surface area contributed by atoms with E-state index in [-0.39, 0.29) is 17.9 Å². The summed E-state index contributed by atoms with van der Waals surface area (Å²) in [4.78, 5) is 13.7. The van der Waals surface area contributed by atoms with Crippen molar-refractivity contribution in [3.8, 4) is 0 Å². The minimum atomic E-state index is -0.204. The van der Waals surface area contributed by atoms with Gasteiger partial charge in [0.05, 0.1) is 13.2 Å². The molecular weight excluding hydrogens is 182 g/mol. The second-order valence-corrected chi connectivity index (χ2v) is 3.32. The maximum atomic E-state index is 11.0. The highest BCUT2D eigenvalue weighted by Crippen LogP contribution is 2.24. The fourth-order valence-electron chi connectivity index (χ4n) is 1.58. The van der Waals surface area contributed by atoms with Crippen LogP contribution in [0.5, 0.6) is 0 Å². The molecule has 5 nitrogen and oxygen atoms in total. The summed E-state index contributed by atoms with van der Waals surface area (Å²) in [6.45, 7) is 0. The van der Waals surface area contributed by atoms with Gasteiger partial charge in [0, 0.05) is 11.3 Å². The molecule has 0 aromatic heterocycles. The lowest BCUT2D eigenvalue weighted by Gasteiger charge is -2.20. The molecule has 0 amide bonds. The highest BCUT2D eigenvalue weighted by atomic mass is 16.5. The van der Waals surface area contributed by atoms with Crippen molar-refractivity contribution < 1.29 is 9.53 Å². The number of allylic oxidation sites excluding steroid dienone is 1. The second-order valence-electron chi connectivity index (χ2n) is 3.32. The van der Waals surface area contributed by atoms with Crippen molar-refractivity contribution in [2.75, 3.05) is 7.11 Å². The predicted molar refractivity (Wildman–Crippen MR) is 51.4 cm³/mol. The Bertz CT molecular complexity index is 282. The zero-order valence-corrected chi connectivity index (χ0v) is 8.09. The Kier molecular flexibility index (Phi) is 4.01. The topological polar surface area (TPSA) is 75.1 Å². The monoisotopic (exact) mass is 195 g/mol. The molecule has 5 heteroatoms. The van der Waals surface area contributed by atoms with Crippen molar-refractivity contribution in [2.24, 2.45) is 11.0 Å². The van der Waals surface area contributed by atoms with E-state index in [1.54, 1.807) is 0 Å². The van der Waals surface area contributed by atoms with E-state index in [2.05, 4.69) is 14.8 Å². The van der Waals surface area contributed by atoms with Crippen molar-refractivity contribution in [3.63, 3.8) is 0 Å². The van der Waals surface area contributed by atoms with Gasteiger partial charge in [0.15, 0.2) is 0 Å². The fraction of sp³-hybridized carbons (Fsp3) is 0.667. The Labute approximate surface area is 82.4 Å². The molecule has 0 spiro atoms. The number of esters is 1. The van der Waals surface area contributed by atoms with Gasteiger partial charge in [-0.25, -0.2) is 0 Å². The van der Waals surface area contributed by atoms with Gasteiger partial charge in [-0.2, -0.15) is 0 Å². The minimum Gasteiger partial charge on any atom is -0.469 e. The fourth-order valence-corrected chi connectivity index (χ4v) is 1.58. The average Bonchev–Trinajstić information content (AvgIpc) is 2.19. The normalized spacial score (nSPS) is 25.2.